The van der Waals surface area contributed by atoms with Crippen LogP contribution in [0.3, 0.4) is 0 Å². The first-order chi connectivity index (χ1) is 11.3. The average Bonchev–Trinajstić information content (AvgIpc) is 3.00. The molecule has 1 amide bonds. The Balaban J connectivity index is 1.70. The second-order valence-electron chi connectivity index (χ2n) is 6.14. The van der Waals surface area contributed by atoms with E-state index in [9.17, 15) is 18.0 Å². The molecule has 1 aliphatic heterocycles. The van der Waals surface area contributed by atoms with Crippen molar-refractivity contribution in [2.24, 2.45) is 5.92 Å². The summed E-state index contributed by atoms with van der Waals surface area (Å²) in [5.41, 5.74) is 0.837. The quantitative estimate of drug-likeness (QED) is 0.861. The maximum Gasteiger partial charge on any atom is 0.433 e. The van der Waals surface area contributed by atoms with Crippen LogP contribution in [0.15, 0.2) is 24.4 Å². The molecule has 0 aromatic carbocycles. The molecule has 3 heterocycles. The van der Waals surface area contributed by atoms with Crippen molar-refractivity contribution in [2.45, 2.75) is 33.1 Å². The zero-order valence-corrected chi connectivity index (χ0v) is 13.3. The second kappa shape index (κ2) is 5.92. The van der Waals surface area contributed by atoms with E-state index < -0.39 is 11.9 Å². The Morgan fingerprint density at radius 3 is 2.75 bits per heavy atom. The maximum absolute atomic E-state index is 13.0. The third kappa shape index (κ3) is 3.13. The maximum atomic E-state index is 13.0. The molecule has 0 fully saturated rings. The van der Waals surface area contributed by atoms with Crippen molar-refractivity contribution in [2.75, 3.05) is 6.54 Å². The first kappa shape index (κ1) is 16.5. The highest BCUT2D eigenvalue weighted by molar-refractivity contribution is 5.97. The summed E-state index contributed by atoms with van der Waals surface area (Å²) in [6.45, 7) is 4.18. The number of pyridine rings is 1. The molecule has 128 valence electrons. The molecule has 5 nitrogen and oxygen atoms in total. The lowest BCUT2D eigenvalue weighted by molar-refractivity contribution is -0.144. The van der Waals surface area contributed by atoms with Crippen LogP contribution in [-0.2, 0) is 19.3 Å². The minimum absolute atomic E-state index is 0.0935. The number of amides is 1. The highest BCUT2D eigenvalue weighted by Crippen LogP contribution is 2.30. The standard InChI is InChI=1S/C16H17F3N4O/c1-10(8-23-14(16(17,18)19)6-11(2)21-23)7-22-9-13-12(15(22)24)4-3-5-20-13/h3-6,10H,7-9H2,1-2H3/t10-/m1/s1. The molecule has 0 saturated heterocycles. The topological polar surface area (TPSA) is 51.0 Å². The molecule has 0 bridgehead atoms. The molecular weight excluding hydrogens is 321 g/mol. The number of nitrogens with zero attached hydrogens (tertiary/aromatic N) is 4. The van der Waals surface area contributed by atoms with E-state index >= 15 is 0 Å². The van der Waals surface area contributed by atoms with Crippen LogP contribution < -0.4 is 0 Å². The van der Waals surface area contributed by atoms with Crippen molar-refractivity contribution in [1.29, 1.82) is 0 Å². The Morgan fingerprint density at radius 2 is 2.08 bits per heavy atom. The number of hydrogen-bond acceptors (Lipinski definition) is 3. The third-order valence-corrected chi connectivity index (χ3v) is 3.96. The fourth-order valence-corrected chi connectivity index (χ4v) is 2.97. The summed E-state index contributed by atoms with van der Waals surface area (Å²) < 4.78 is 40.1. The minimum atomic E-state index is -4.44. The van der Waals surface area contributed by atoms with Crippen LogP contribution in [-0.4, -0.2) is 32.1 Å². The van der Waals surface area contributed by atoms with Gasteiger partial charge in [0.1, 0.15) is 5.69 Å². The SMILES string of the molecule is Cc1cc(C(F)(F)F)n(C[C@H](C)CN2Cc3ncccc3C2=O)n1. The Morgan fingerprint density at radius 1 is 1.33 bits per heavy atom. The Hall–Kier alpha value is -2.38. The minimum Gasteiger partial charge on any atom is -0.332 e. The van der Waals surface area contributed by atoms with Gasteiger partial charge >= 0.3 is 6.18 Å². The number of alkyl halides is 3. The van der Waals surface area contributed by atoms with E-state index in [4.69, 9.17) is 0 Å². The van der Waals surface area contributed by atoms with Gasteiger partial charge in [0.05, 0.1) is 23.5 Å². The van der Waals surface area contributed by atoms with Gasteiger partial charge < -0.3 is 4.90 Å². The molecule has 3 rings (SSSR count). The molecule has 24 heavy (non-hydrogen) atoms. The molecular formula is C16H17F3N4O. The molecule has 8 heteroatoms. The van der Waals surface area contributed by atoms with Gasteiger partial charge in [-0.1, -0.05) is 6.92 Å². The van der Waals surface area contributed by atoms with E-state index in [0.29, 0.717) is 30.0 Å². The third-order valence-electron chi connectivity index (χ3n) is 3.96. The smallest absolute Gasteiger partial charge is 0.332 e. The molecule has 0 saturated carbocycles. The van der Waals surface area contributed by atoms with Crippen LogP contribution in [0.2, 0.25) is 0 Å². The lowest BCUT2D eigenvalue weighted by Crippen LogP contribution is -2.31. The Bertz CT molecular complexity index is 769. The van der Waals surface area contributed by atoms with Crippen LogP contribution in [0, 0.1) is 12.8 Å². The van der Waals surface area contributed by atoms with E-state index in [0.717, 1.165) is 10.7 Å². The Kier molecular flexibility index (Phi) is 4.06. The lowest BCUT2D eigenvalue weighted by Gasteiger charge is -2.21. The van der Waals surface area contributed by atoms with Crippen molar-refractivity contribution in [3.63, 3.8) is 0 Å². The summed E-state index contributed by atoms with van der Waals surface area (Å²) in [6.07, 6.45) is -2.81. The molecule has 0 aliphatic carbocycles. The average molecular weight is 338 g/mol. The largest absolute Gasteiger partial charge is 0.433 e. The van der Waals surface area contributed by atoms with Gasteiger partial charge in [-0.2, -0.15) is 18.3 Å². The van der Waals surface area contributed by atoms with E-state index in [1.165, 1.54) is 6.92 Å². The zero-order chi connectivity index (χ0) is 17.5. The Labute approximate surface area is 137 Å². The van der Waals surface area contributed by atoms with Crippen LogP contribution in [0.1, 0.15) is 34.4 Å². The lowest BCUT2D eigenvalue weighted by atomic mass is 10.1. The molecule has 2 aromatic heterocycles. The van der Waals surface area contributed by atoms with E-state index in [2.05, 4.69) is 10.1 Å². The number of aromatic nitrogens is 3. The number of fused-ring (bicyclic) bond motifs is 1. The first-order valence-electron chi connectivity index (χ1n) is 7.60. The van der Waals surface area contributed by atoms with Gasteiger partial charge in [-0.05, 0) is 31.0 Å². The highest BCUT2D eigenvalue weighted by Gasteiger charge is 2.36. The molecule has 2 aromatic rings. The number of aryl methyl sites for hydroxylation is 1. The number of carbonyl (C=O) groups excluding carboxylic acids is 1. The summed E-state index contributed by atoms with van der Waals surface area (Å²) in [7, 11) is 0. The van der Waals surface area contributed by atoms with Crippen molar-refractivity contribution in [1.82, 2.24) is 19.7 Å². The molecule has 0 N–H and O–H groups in total. The van der Waals surface area contributed by atoms with E-state index in [1.54, 1.807) is 30.2 Å². The summed E-state index contributed by atoms with van der Waals surface area (Å²) in [4.78, 5) is 18.1. The van der Waals surface area contributed by atoms with Gasteiger partial charge in [-0.3, -0.25) is 14.5 Å². The molecule has 0 spiro atoms. The van der Waals surface area contributed by atoms with Crippen LogP contribution in [0.4, 0.5) is 13.2 Å². The van der Waals surface area contributed by atoms with Gasteiger partial charge in [0.15, 0.2) is 0 Å². The summed E-state index contributed by atoms with van der Waals surface area (Å²) in [5.74, 6) is -0.304. The summed E-state index contributed by atoms with van der Waals surface area (Å²) in [5, 5.41) is 3.93. The van der Waals surface area contributed by atoms with E-state index in [1.807, 2.05) is 0 Å². The van der Waals surface area contributed by atoms with Crippen LogP contribution in [0.5, 0.6) is 0 Å². The van der Waals surface area contributed by atoms with Crippen molar-refractivity contribution in [3.8, 4) is 0 Å². The number of rotatable bonds is 4. The number of halogens is 3. The molecule has 0 unspecified atom stereocenters. The number of hydrogen-bond donors (Lipinski definition) is 0. The fraction of sp³-hybridized carbons (Fsp3) is 0.438. The highest BCUT2D eigenvalue weighted by atomic mass is 19.4. The fourth-order valence-electron chi connectivity index (χ4n) is 2.97. The van der Waals surface area contributed by atoms with Crippen LogP contribution in [0.25, 0.3) is 0 Å². The normalized spacial score (nSPS) is 15.7. The van der Waals surface area contributed by atoms with Gasteiger partial charge in [-0.15, -0.1) is 0 Å². The number of carbonyl (C=O) groups is 1. The molecule has 1 atom stereocenters. The van der Waals surface area contributed by atoms with Gasteiger partial charge in [0.25, 0.3) is 5.91 Å². The molecule has 0 radical (unpaired) electrons. The van der Waals surface area contributed by atoms with E-state index in [-0.39, 0.29) is 18.4 Å². The van der Waals surface area contributed by atoms with Gasteiger partial charge in [0, 0.05) is 19.3 Å². The van der Waals surface area contributed by atoms with Crippen molar-refractivity contribution < 1.29 is 18.0 Å². The monoisotopic (exact) mass is 338 g/mol. The predicted octanol–water partition coefficient (Wildman–Crippen LogP) is 2.90. The van der Waals surface area contributed by atoms with Crippen molar-refractivity contribution >= 4 is 5.91 Å². The summed E-state index contributed by atoms with van der Waals surface area (Å²) >= 11 is 0. The second-order valence-corrected chi connectivity index (χ2v) is 6.14. The summed E-state index contributed by atoms with van der Waals surface area (Å²) in [6, 6.07) is 4.45. The van der Waals surface area contributed by atoms with Gasteiger partial charge in [-0.25, -0.2) is 0 Å². The van der Waals surface area contributed by atoms with Crippen LogP contribution >= 0.6 is 0 Å². The zero-order valence-electron chi connectivity index (χ0n) is 13.3. The van der Waals surface area contributed by atoms with Gasteiger partial charge in [0.2, 0.25) is 0 Å². The molecule has 1 aliphatic rings. The van der Waals surface area contributed by atoms with Crippen molar-refractivity contribution in [3.05, 3.63) is 47.0 Å². The first-order valence-corrected chi connectivity index (χ1v) is 7.60. The predicted molar refractivity (Wildman–Crippen MR) is 80.1 cm³/mol.